The van der Waals surface area contributed by atoms with Crippen LogP contribution in [0.15, 0.2) is 0 Å². The number of unbranched alkanes of at least 4 members (excludes halogenated alkanes) is 1. The van der Waals surface area contributed by atoms with E-state index in [1.807, 2.05) is 0 Å². The average Bonchev–Trinajstić information content (AvgIpc) is 2.65. The van der Waals surface area contributed by atoms with Crippen molar-refractivity contribution in [3.63, 3.8) is 0 Å². The van der Waals surface area contributed by atoms with Gasteiger partial charge in [0.15, 0.2) is 0 Å². The summed E-state index contributed by atoms with van der Waals surface area (Å²) in [6.45, 7) is 9.80. The molecule has 1 saturated heterocycles. The minimum atomic E-state index is 0.814. The fourth-order valence-corrected chi connectivity index (χ4v) is 2.28. The van der Waals surface area contributed by atoms with Gasteiger partial charge in [-0.25, -0.2) is 0 Å². The highest BCUT2D eigenvalue weighted by Crippen LogP contribution is 2.20. The molecule has 1 heteroatoms. The summed E-state index contributed by atoms with van der Waals surface area (Å²) in [4.78, 5) is 2.67. The minimum Gasteiger partial charge on any atom is -0.300 e. The van der Waals surface area contributed by atoms with Gasteiger partial charge in [0, 0.05) is 6.04 Å². The van der Waals surface area contributed by atoms with Crippen molar-refractivity contribution in [3.05, 3.63) is 0 Å². The van der Waals surface area contributed by atoms with E-state index >= 15 is 0 Å². The van der Waals surface area contributed by atoms with Gasteiger partial charge in [0.25, 0.3) is 0 Å². The summed E-state index contributed by atoms with van der Waals surface area (Å²) in [5.41, 5.74) is 0. The first-order valence-electron chi connectivity index (χ1n) is 5.99. The highest BCUT2D eigenvalue weighted by atomic mass is 15.2. The van der Waals surface area contributed by atoms with E-state index in [-0.39, 0.29) is 0 Å². The van der Waals surface area contributed by atoms with Crippen molar-refractivity contribution in [3.8, 4) is 0 Å². The molecule has 78 valence electrons. The van der Waals surface area contributed by atoms with E-state index in [0.29, 0.717) is 0 Å². The van der Waals surface area contributed by atoms with Crippen LogP contribution < -0.4 is 0 Å². The van der Waals surface area contributed by atoms with Gasteiger partial charge in [0.1, 0.15) is 0 Å². The zero-order chi connectivity index (χ0) is 9.68. The Hall–Kier alpha value is -0.0400. The maximum absolute atomic E-state index is 2.67. The largest absolute Gasteiger partial charge is 0.300 e. The maximum atomic E-state index is 2.67. The van der Waals surface area contributed by atoms with Crippen LogP contribution in [0.3, 0.4) is 0 Å². The van der Waals surface area contributed by atoms with Crippen molar-refractivity contribution in [2.45, 2.75) is 58.9 Å². The lowest BCUT2D eigenvalue weighted by molar-refractivity contribution is 0.190. The highest BCUT2D eigenvalue weighted by molar-refractivity contribution is 4.76. The SMILES string of the molecule is CCCCC(C)C(C)N1CCCC1. The highest BCUT2D eigenvalue weighted by Gasteiger charge is 2.21. The predicted octanol–water partition coefficient (Wildman–Crippen LogP) is 3.30. The van der Waals surface area contributed by atoms with Crippen LogP contribution in [0.1, 0.15) is 52.9 Å². The number of hydrogen-bond acceptors (Lipinski definition) is 1. The van der Waals surface area contributed by atoms with Gasteiger partial charge in [-0.1, -0.05) is 26.7 Å². The third-order valence-corrected chi connectivity index (χ3v) is 3.55. The minimum absolute atomic E-state index is 0.814. The number of likely N-dealkylation sites (tertiary alicyclic amines) is 1. The Morgan fingerprint density at radius 3 is 2.31 bits per heavy atom. The van der Waals surface area contributed by atoms with Gasteiger partial charge in [-0.05, 0) is 45.2 Å². The molecule has 0 N–H and O–H groups in total. The molecule has 0 bridgehead atoms. The van der Waals surface area contributed by atoms with E-state index in [9.17, 15) is 0 Å². The van der Waals surface area contributed by atoms with Crippen LogP contribution in [-0.4, -0.2) is 24.0 Å². The van der Waals surface area contributed by atoms with Gasteiger partial charge < -0.3 is 4.90 Å². The van der Waals surface area contributed by atoms with Crippen LogP contribution in [0, 0.1) is 5.92 Å². The summed E-state index contributed by atoms with van der Waals surface area (Å²) in [6.07, 6.45) is 7.00. The van der Waals surface area contributed by atoms with Crippen molar-refractivity contribution >= 4 is 0 Å². The van der Waals surface area contributed by atoms with Gasteiger partial charge in [0.05, 0.1) is 0 Å². The Morgan fingerprint density at radius 1 is 1.15 bits per heavy atom. The fraction of sp³-hybridized carbons (Fsp3) is 1.00. The number of rotatable bonds is 5. The second kappa shape index (κ2) is 5.64. The van der Waals surface area contributed by atoms with Crippen molar-refractivity contribution < 1.29 is 0 Å². The smallest absolute Gasteiger partial charge is 0.00925 e. The molecule has 0 aromatic heterocycles. The molecule has 0 amide bonds. The summed E-state index contributed by atoms with van der Waals surface area (Å²) in [5.74, 6) is 0.887. The lowest BCUT2D eigenvalue weighted by Gasteiger charge is -2.29. The van der Waals surface area contributed by atoms with Crippen molar-refractivity contribution in [2.75, 3.05) is 13.1 Å². The monoisotopic (exact) mass is 183 g/mol. The van der Waals surface area contributed by atoms with E-state index in [1.165, 1.54) is 45.2 Å². The van der Waals surface area contributed by atoms with E-state index in [0.717, 1.165) is 12.0 Å². The fourth-order valence-electron chi connectivity index (χ4n) is 2.28. The molecule has 2 atom stereocenters. The summed E-state index contributed by atoms with van der Waals surface area (Å²) < 4.78 is 0. The zero-order valence-corrected chi connectivity index (χ0v) is 9.55. The molecule has 1 rings (SSSR count). The maximum Gasteiger partial charge on any atom is 0.00925 e. The van der Waals surface area contributed by atoms with Gasteiger partial charge in [0.2, 0.25) is 0 Å². The summed E-state index contributed by atoms with van der Waals surface area (Å²) in [5, 5.41) is 0. The van der Waals surface area contributed by atoms with Crippen LogP contribution in [0.2, 0.25) is 0 Å². The Labute approximate surface area is 83.5 Å². The molecule has 1 aliphatic heterocycles. The molecule has 1 fully saturated rings. The molecule has 0 aromatic rings. The molecule has 0 saturated carbocycles. The van der Waals surface area contributed by atoms with E-state index < -0.39 is 0 Å². The van der Waals surface area contributed by atoms with E-state index in [1.54, 1.807) is 0 Å². The van der Waals surface area contributed by atoms with Crippen molar-refractivity contribution in [1.29, 1.82) is 0 Å². The van der Waals surface area contributed by atoms with Crippen LogP contribution in [0.5, 0.6) is 0 Å². The Balaban J connectivity index is 2.23. The Kier molecular flexibility index (Phi) is 4.79. The normalized spacial score (nSPS) is 23.3. The molecular formula is C12H25N. The second-order valence-electron chi connectivity index (χ2n) is 4.60. The molecule has 1 nitrogen and oxygen atoms in total. The first kappa shape index (κ1) is 11.0. The Morgan fingerprint density at radius 2 is 1.77 bits per heavy atom. The third-order valence-electron chi connectivity index (χ3n) is 3.55. The molecule has 0 spiro atoms. The van der Waals surface area contributed by atoms with Crippen LogP contribution in [0.4, 0.5) is 0 Å². The van der Waals surface area contributed by atoms with E-state index in [4.69, 9.17) is 0 Å². The molecule has 1 heterocycles. The van der Waals surface area contributed by atoms with Gasteiger partial charge in [-0.3, -0.25) is 0 Å². The lowest BCUT2D eigenvalue weighted by Crippen LogP contribution is -2.35. The molecule has 0 aromatic carbocycles. The average molecular weight is 183 g/mol. The van der Waals surface area contributed by atoms with Gasteiger partial charge >= 0.3 is 0 Å². The standard InChI is InChI=1S/C12H25N/c1-4-5-8-11(2)12(3)13-9-6-7-10-13/h11-12H,4-10H2,1-3H3. The molecular weight excluding hydrogens is 158 g/mol. The van der Waals surface area contributed by atoms with E-state index in [2.05, 4.69) is 25.7 Å². The molecule has 13 heavy (non-hydrogen) atoms. The molecule has 0 radical (unpaired) electrons. The first-order chi connectivity index (χ1) is 6.25. The van der Waals surface area contributed by atoms with Gasteiger partial charge in [-0.15, -0.1) is 0 Å². The molecule has 1 aliphatic rings. The summed E-state index contributed by atoms with van der Waals surface area (Å²) >= 11 is 0. The van der Waals surface area contributed by atoms with Crippen molar-refractivity contribution in [2.24, 2.45) is 5.92 Å². The third kappa shape index (κ3) is 3.30. The molecule has 0 aliphatic carbocycles. The topological polar surface area (TPSA) is 3.24 Å². The predicted molar refractivity (Wildman–Crippen MR) is 59.0 cm³/mol. The summed E-state index contributed by atoms with van der Waals surface area (Å²) in [6, 6.07) is 0.814. The molecule has 2 unspecified atom stereocenters. The van der Waals surface area contributed by atoms with Crippen LogP contribution >= 0.6 is 0 Å². The summed E-state index contributed by atoms with van der Waals surface area (Å²) in [7, 11) is 0. The number of hydrogen-bond donors (Lipinski definition) is 0. The quantitative estimate of drug-likeness (QED) is 0.632. The lowest BCUT2D eigenvalue weighted by atomic mass is 9.96. The second-order valence-corrected chi connectivity index (χ2v) is 4.60. The van der Waals surface area contributed by atoms with Crippen LogP contribution in [-0.2, 0) is 0 Å². The number of nitrogens with zero attached hydrogens (tertiary/aromatic N) is 1. The van der Waals surface area contributed by atoms with Crippen LogP contribution in [0.25, 0.3) is 0 Å². The zero-order valence-electron chi connectivity index (χ0n) is 9.55. The van der Waals surface area contributed by atoms with Gasteiger partial charge in [-0.2, -0.15) is 0 Å². The van der Waals surface area contributed by atoms with Crippen molar-refractivity contribution in [1.82, 2.24) is 4.90 Å². The first-order valence-corrected chi connectivity index (χ1v) is 5.99. The Bertz CT molecular complexity index is 127.